The number of phenols is 1. The Labute approximate surface area is 273 Å². The number of carbonyl (C=O) groups excluding carboxylic acids is 2. The van der Waals surface area contributed by atoms with E-state index in [9.17, 15) is 19.5 Å². The number of pyridine rings is 1. The van der Waals surface area contributed by atoms with Gasteiger partial charge in [0, 0.05) is 38.1 Å². The number of unbranched alkanes of at least 4 members (excludes halogenated alkanes) is 1. The number of piperidine rings is 1. The number of carboxylic acids is 1. The minimum absolute atomic E-state index is 0. The zero-order valence-corrected chi connectivity index (χ0v) is 26.0. The van der Waals surface area contributed by atoms with Crippen molar-refractivity contribution in [2.45, 2.75) is 44.6 Å². The fourth-order valence-corrected chi connectivity index (χ4v) is 5.04. The summed E-state index contributed by atoms with van der Waals surface area (Å²) in [5.74, 6) is -0.951. The van der Waals surface area contributed by atoms with E-state index in [0.29, 0.717) is 42.4 Å². The maximum atomic E-state index is 13.4. The highest BCUT2D eigenvalue weighted by atomic mass is 16.4. The largest absolute Gasteiger partial charge is 0.506 e. The van der Waals surface area contributed by atoms with Crippen LogP contribution < -0.4 is 11.1 Å². The van der Waals surface area contributed by atoms with Crippen LogP contribution in [0.2, 0.25) is 0 Å². The summed E-state index contributed by atoms with van der Waals surface area (Å²) in [5.41, 5.74) is 8.06. The highest BCUT2D eigenvalue weighted by Gasteiger charge is 2.25. The standard InChI is InChI=1S/C33H38N6O5.3H2O/c34-27(33(43)44)20-25-10-12-30(40)29(21-25)38-37-28-9-2-1-8-26(28)32(42)39-18-14-23(15-19-39)6-3-4-17-36-31(41)13-11-24-7-5-16-35-22-24;;;/h1-2,5,7-13,16,21-23,27,40H,3-4,6,14-15,17-20,34H2,(H,36,41)(H,43,44);3*1H2. The predicted molar refractivity (Wildman–Crippen MR) is 178 cm³/mol. The second-order valence-electron chi connectivity index (χ2n) is 10.8. The first-order chi connectivity index (χ1) is 21.3. The maximum absolute atomic E-state index is 13.4. The van der Waals surface area contributed by atoms with Gasteiger partial charge in [-0.2, -0.15) is 0 Å². The lowest BCUT2D eigenvalue weighted by molar-refractivity contribution is -0.138. The van der Waals surface area contributed by atoms with Gasteiger partial charge in [-0.3, -0.25) is 19.4 Å². The summed E-state index contributed by atoms with van der Waals surface area (Å²) >= 11 is 0. The van der Waals surface area contributed by atoms with Crippen LogP contribution >= 0.6 is 0 Å². The van der Waals surface area contributed by atoms with Crippen LogP contribution in [0.5, 0.6) is 5.75 Å². The van der Waals surface area contributed by atoms with Crippen molar-refractivity contribution in [3.63, 3.8) is 0 Å². The Morgan fingerprint density at radius 3 is 2.43 bits per heavy atom. The van der Waals surface area contributed by atoms with E-state index in [2.05, 4.69) is 20.5 Å². The first-order valence-electron chi connectivity index (χ1n) is 14.8. The molecule has 2 aromatic carbocycles. The molecule has 1 atom stereocenters. The lowest BCUT2D eigenvalue weighted by atomic mass is 9.91. The number of aromatic hydroxyl groups is 1. The molecule has 1 fully saturated rings. The number of azo groups is 1. The number of hydrogen-bond acceptors (Lipinski definition) is 8. The number of nitrogens with one attached hydrogen (secondary N) is 1. The molecule has 3 aromatic rings. The fraction of sp³-hybridized carbons (Fsp3) is 0.333. The van der Waals surface area contributed by atoms with Gasteiger partial charge in [0.1, 0.15) is 17.5 Å². The summed E-state index contributed by atoms with van der Waals surface area (Å²) in [6.45, 7) is 1.92. The Balaban J connectivity index is 0.00000368. The van der Waals surface area contributed by atoms with Crippen LogP contribution in [0.4, 0.5) is 11.4 Å². The predicted octanol–water partition coefficient (Wildman–Crippen LogP) is 2.54. The Hall–Kier alpha value is -5.02. The molecule has 4 rings (SSSR count). The summed E-state index contributed by atoms with van der Waals surface area (Å²) in [7, 11) is 0. The molecule has 2 amide bonds. The normalized spacial score (nSPS) is 13.7. The molecule has 2 heterocycles. The molecule has 0 bridgehead atoms. The van der Waals surface area contributed by atoms with Gasteiger partial charge in [0.05, 0.1) is 11.3 Å². The van der Waals surface area contributed by atoms with Crippen molar-refractivity contribution in [2.24, 2.45) is 21.9 Å². The second-order valence-corrected chi connectivity index (χ2v) is 10.8. The highest BCUT2D eigenvalue weighted by Crippen LogP contribution is 2.31. The molecule has 0 aliphatic carbocycles. The van der Waals surface area contributed by atoms with E-state index in [1.54, 1.807) is 48.8 Å². The molecule has 1 unspecified atom stereocenters. The number of nitrogens with zero attached hydrogens (tertiary/aromatic N) is 4. The van der Waals surface area contributed by atoms with Gasteiger partial charge in [0.2, 0.25) is 5.91 Å². The van der Waals surface area contributed by atoms with Crippen molar-refractivity contribution in [1.82, 2.24) is 15.2 Å². The van der Waals surface area contributed by atoms with Crippen molar-refractivity contribution in [1.29, 1.82) is 0 Å². The van der Waals surface area contributed by atoms with Crippen molar-refractivity contribution < 1.29 is 41.0 Å². The third kappa shape index (κ3) is 12.4. The number of rotatable bonds is 13. The fourth-order valence-electron chi connectivity index (χ4n) is 5.04. The number of amides is 2. The Morgan fingerprint density at radius 2 is 1.72 bits per heavy atom. The Bertz CT molecular complexity index is 1490. The van der Waals surface area contributed by atoms with E-state index < -0.39 is 12.0 Å². The Kier molecular flexibility index (Phi) is 17.2. The van der Waals surface area contributed by atoms with Gasteiger partial charge in [-0.25, -0.2) is 0 Å². The van der Waals surface area contributed by atoms with E-state index in [1.807, 2.05) is 17.0 Å². The number of benzene rings is 2. The minimum Gasteiger partial charge on any atom is -0.506 e. The quantitative estimate of drug-likeness (QED) is 0.122. The number of aliphatic carboxylic acids is 1. The van der Waals surface area contributed by atoms with Gasteiger partial charge in [0.15, 0.2) is 0 Å². The number of hydrogen-bond donors (Lipinski definition) is 4. The van der Waals surface area contributed by atoms with Crippen LogP contribution in [-0.4, -0.2) is 80.0 Å². The molecule has 1 saturated heterocycles. The first-order valence-corrected chi connectivity index (χ1v) is 14.8. The summed E-state index contributed by atoms with van der Waals surface area (Å²) in [4.78, 5) is 42.4. The summed E-state index contributed by atoms with van der Waals surface area (Å²) < 4.78 is 0. The van der Waals surface area contributed by atoms with Crippen molar-refractivity contribution in [3.8, 4) is 5.75 Å². The molecule has 47 heavy (non-hydrogen) atoms. The molecular weight excluding hydrogens is 608 g/mol. The molecule has 1 aliphatic rings. The van der Waals surface area contributed by atoms with E-state index in [1.165, 1.54) is 18.2 Å². The molecule has 0 saturated carbocycles. The lowest BCUT2D eigenvalue weighted by Crippen LogP contribution is -2.38. The van der Waals surface area contributed by atoms with Gasteiger partial charge in [0.25, 0.3) is 5.91 Å². The summed E-state index contributed by atoms with van der Waals surface area (Å²) in [6, 6.07) is 14.1. The van der Waals surface area contributed by atoms with Gasteiger partial charge in [-0.05, 0) is 79.1 Å². The van der Waals surface area contributed by atoms with E-state index >= 15 is 0 Å². The Morgan fingerprint density at radius 1 is 1.00 bits per heavy atom. The molecule has 14 heteroatoms. The third-order valence-electron chi connectivity index (χ3n) is 7.56. The number of aromatic nitrogens is 1. The topological polar surface area (TPSA) is 265 Å². The average molecular weight is 653 g/mol. The zero-order valence-electron chi connectivity index (χ0n) is 26.0. The molecule has 1 aliphatic heterocycles. The van der Waals surface area contributed by atoms with Gasteiger partial charge >= 0.3 is 5.97 Å². The van der Waals surface area contributed by atoms with Crippen LogP contribution in [0.3, 0.4) is 0 Å². The van der Waals surface area contributed by atoms with Crippen LogP contribution in [-0.2, 0) is 16.0 Å². The van der Waals surface area contributed by atoms with Crippen molar-refractivity contribution in [2.75, 3.05) is 19.6 Å². The van der Waals surface area contributed by atoms with Crippen molar-refractivity contribution in [3.05, 3.63) is 89.8 Å². The highest BCUT2D eigenvalue weighted by molar-refractivity contribution is 5.99. The number of nitrogens with two attached hydrogens (primary N) is 1. The summed E-state index contributed by atoms with van der Waals surface area (Å²) in [5, 5.41) is 30.6. The van der Waals surface area contributed by atoms with E-state index in [-0.39, 0.29) is 46.1 Å². The van der Waals surface area contributed by atoms with Gasteiger partial charge in [-0.1, -0.05) is 37.1 Å². The number of carbonyl (C=O) groups is 3. The molecule has 11 N–H and O–H groups in total. The molecule has 1 aromatic heterocycles. The molecule has 0 radical (unpaired) electrons. The number of carboxylic acid groups (broad SMARTS) is 1. The molecular formula is C33H44N6O8. The van der Waals surface area contributed by atoms with E-state index in [0.717, 1.165) is 37.7 Å². The maximum Gasteiger partial charge on any atom is 0.320 e. The van der Waals surface area contributed by atoms with Crippen LogP contribution in [0.15, 0.2) is 83.3 Å². The summed E-state index contributed by atoms with van der Waals surface area (Å²) in [6.07, 6.45) is 11.5. The first kappa shape index (κ1) is 40.0. The van der Waals surface area contributed by atoms with E-state index in [4.69, 9.17) is 10.8 Å². The monoisotopic (exact) mass is 652 g/mol. The number of phenolic OH excluding ortho intramolecular Hbond substituents is 1. The SMILES string of the molecule is NC(Cc1ccc(O)c(N=Nc2ccccc2C(=O)N2CCC(CCCCNC(=O)C=Cc3cccnc3)CC2)c1)C(=O)O.O.O.O. The minimum atomic E-state index is -1.12. The van der Waals surface area contributed by atoms with Gasteiger partial charge in [-0.15, -0.1) is 10.2 Å². The molecule has 0 spiro atoms. The average Bonchev–Trinajstić information content (AvgIpc) is 3.04. The smallest absolute Gasteiger partial charge is 0.320 e. The van der Waals surface area contributed by atoms with Gasteiger partial charge < -0.3 is 42.6 Å². The number of likely N-dealkylation sites (tertiary alicyclic amines) is 1. The lowest BCUT2D eigenvalue weighted by Gasteiger charge is -2.32. The molecule has 254 valence electrons. The zero-order chi connectivity index (χ0) is 31.3. The van der Waals surface area contributed by atoms with Crippen LogP contribution in [0.25, 0.3) is 6.08 Å². The third-order valence-corrected chi connectivity index (χ3v) is 7.56. The van der Waals surface area contributed by atoms with Crippen LogP contribution in [0, 0.1) is 5.92 Å². The second kappa shape index (κ2) is 20.2. The van der Waals surface area contributed by atoms with Crippen LogP contribution in [0.1, 0.15) is 53.6 Å². The molecule has 14 nitrogen and oxygen atoms in total. The van der Waals surface area contributed by atoms with Crippen molar-refractivity contribution >= 4 is 35.2 Å².